The molecule has 0 spiro atoms. The molecule has 2 saturated carbocycles. The Morgan fingerprint density at radius 1 is 0.774 bits per heavy atom. The van der Waals surface area contributed by atoms with Crippen molar-refractivity contribution in [3.8, 4) is 11.5 Å². The molecule has 0 aromatic heterocycles. The highest BCUT2D eigenvalue weighted by Gasteiger charge is 2.33. The van der Waals surface area contributed by atoms with Crippen LogP contribution in [0.15, 0.2) is 24.3 Å². The van der Waals surface area contributed by atoms with Gasteiger partial charge >= 0.3 is 11.9 Å². The van der Waals surface area contributed by atoms with Crippen molar-refractivity contribution >= 4 is 11.9 Å². The third-order valence-electron chi connectivity index (χ3n) is 7.34. The van der Waals surface area contributed by atoms with Gasteiger partial charge < -0.3 is 9.47 Å². The molecule has 172 valence electrons. The second kappa shape index (κ2) is 12.3. The van der Waals surface area contributed by atoms with E-state index in [2.05, 4.69) is 13.8 Å². The summed E-state index contributed by atoms with van der Waals surface area (Å²) in [4.78, 5) is 24.5. The highest BCUT2D eigenvalue weighted by atomic mass is 16.5. The van der Waals surface area contributed by atoms with E-state index in [1.54, 1.807) is 24.3 Å². The molecule has 0 amide bonds. The lowest BCUT2D eigenvalue weighted by Crippen LogP contribution is -2.29. The molecule has 1 aromatic carbocycles. The maximum atomic E-state index is 12.6. The van der Waals surface area contributed by atoms with Crippen LogP contribution >= 0.6 is 0 Å². The Hall–Kier alpha value is -1.84. The largest absolute Gasteiger partial charge is 0.427 e. The molecule has 0 heterocycles. The van der Waals surface area contributed by atoms with E-state index in [-0.39, 0.29) is 17.9 Å². The van der Waals surface area contributed by atoms with Gasteiger partial charge in [-0.05, 0) is 87.0 Å². The van der Waals surface area contributed by atoms with Gasteiger partial charge in [-0.2, -0.15) is 0 Å². The minimum atomic E-state index is -0.204. The Labute approximate surface area is 188 Å². The number of hydrogen-bond donors (Lipinski definition) is 0. The van der Waals surface area contributed by atoms with E-state index in [1.165, 1.54) is 25.7 Å². The first-order chi connectivity index (χ1) is 15.0. The van der Waals surface area contributed by atoms with E-state index in [0.717, 1.165) is 69.1 Å². The van der Waals surface area contributed by atoms with Gasteiger partial charge in [-0.3, -0.25) is 9.59 Å². The third kappa shape index (κ3) is 7.66. The molecule has 0 saturated heterocycles. The van der Waals surface area contributed by atoms with E-state index in [4.69, 9.17) is 9.47 Å². The normalized spacial score (nSPS) is 26.3. The molecule has 4 nitrogen and oxygen atoms in total. The Morgan fingerprint density at radius 3 is 1.90 bits per heavy atom. The summed E-state index contributed by atoms with van der Waals surface area (Å²) in [6.07, 6.45) is 14.4. The van der Waals surface area contributed by atoms with Gasteiger partial charge in [0.2, 0.25) is 0 Å². The first-order valence-electron chi connectivity index (χ1n) is 12.6. The van der Waals surface area contributed by atoms with Crippen LogP contribution in [0.5, 0.6) is 11.5 Å². The fourth-order valence-electron chi connectivity index (χ4n) is 5.24. The predicted octanol–water partition coefficient (Wildman–Crippen LogP) is 7.10. The molecule has 0 bridgehead atoms. The number of carbonyl (C=O) groups excluding carboxylic acids is 2. The maximum Gasteiger partial charge on any atom is 0.314 e. The number of rotatable bonds is 9. The summed E-state index contributed by atoms with van der Waals surface area (Å²) in [5.41, 5.74) is 0. The van der Waals surface area contributed by atoms with Crippen molar-refractivity contribution in [3.05, 3.63) is 24.3 Å². The summed E-state index contributed by atoms with van der Waals surface area (Å²) in [6, 6.07) is 6.83. The van der Waals surface area contributed by atoms with Crippen LogP contribution in [-0.2, 0) is 9.59 Å². The number of benzene rings is 1. The summed E-state index contributed by atoms with van der Waals surface area (Å²) in [6.45, 7) is 4.52. The lowest BCUT2D eigenvalue weighted by molar-refractivity contribution is -0.140. The van der Waals surface area contributed by atoms with Gasteiger partial charge in [0.15, 0.2) is 0 Å². The summed E-state index contributed by atoms with van der Waals surface area (Å²) >= 11 is 0. The number of carbonyl (C=O) groups is 2. The Kier molecular flexibility index (Phi) is 9.42. The standard InChI is InChI=1S/C27H40O4/c1-3-4-5-6-7-26(28)30-24-16-18-25(19-17-24)31-27(29)23-14-12-22(13-15-23)21-10-8-20(2)9-11-21/h16-23H,3-15H2,1-2H3. The summed E-state index contributed by atoms with van der Waals surface area (Å²) in [5.74, 6) is 3.28. The average Bonchev–Trinajstić information content (AvgIpc) is 2.79. The van der Waals surface area contributed by atoms with Crippen LogP contribution in [0.3, 0.4) is 0 Å². The molecule has 0 N–H and O–H groups in total. The minimum absolute atomic E-state index is 0.0133. The minimum Gasteiger partial charge on any atom is -0.427 e. The highest BCUT2D eigenvalue weighted by Crippen LogP contribution is 2.41. The first-order valence-corrected chi connectivity index (χ1v) is 12.6. The second-order valence-corrected chi connectivity index (χ2v) is 9.81. The van der Waals surface area contributed by atoms with Crippen LogP contribution in [0.1, 0.15) is 97.3 Å². The van der Waals surface area contributed by atoms with Gasteiger partial charge in [0, 0.05) is 6.42 Å². The van der Waals surface area contributed by atoms with Crippen molar-refractivity contribution in [2.75, 3.05) is 0 Å². The van der Waals surface area contributed by atoms with Crippen molar-refractivity contribution < 1.29 is 19.1 Å². The molecule has 0 radical (unpaired) electrons. The number of unbranched alkanes of at least 4 members (excludes halogenated alkanes) is 3. The van der Waals surface area contributed by atoms with Crippen molar-refractivity contribution in [1.29, 1.82) is 0 Å². The van der Waals surface area contributed by atoms with Crippen LogP contribution in [-0.4, -0.2) is 11.9 Å². The van der Waals surface area contributed by atoms with Crippen molar-refractivity contribution in [3.63, 3.8) is 0 Å². The van der Waals surface area contributed by atoms with Gasteiger partial charge in [0.05, 0.1) is 5.92 Å². The van der Waals surface area contributed by atoms with Crippen molar-refractivity contribution in [2.45, 2.75) is 97.3 Å². The van der Waals surface area contributed by atoms with E-state index in [1.807, 2.05) is 0 Å². The molecule has 31 heavy (non-hydrogen) atoms. The zero-order valence-electron chi connectivity index (χ0n) is 19.4. The second-order valence-electron chi connectivity index (χ2n) is 9.81. The van der Waals surface area contributed by atoms with Crippen molar-refractivity contribution in [2.24, 2.45) is 23.7 Å². The zero-order valence-corrected chi connectivity index (χ0v) is 19.4. The van der Waals surface area contributed by atoms with E-state index < -0.39 is 0 Å². The summed E-state index contributed by atoms with van der Waals surface area (Å²) in [5, 5.41) is 0. The SMILES string of the molecule is CCCCCCC(=O)Oc1ccc(OC(=O)C2CCC(C3CCC(C)CC3)CC2)cc1. The molecule has 2 aliphatic rings. The molecule has 2 aliphatic carbocycles. The van der Waals surface area contributed by atoms with E-state index in [0.29, 0.717) is 17.9 Å². The van der Waals surface area contributed by atoms with Crippen LogP contribution in [0, 0.1) is 23.7 Å². The third-order valence-corrected chi connectivity index (χ3v) is 7.34. The van der Waals surface area contributed by atoms with Crippen LogP contribution in [0.4, 0.5) is 0 Å². The monoisotopic (exact) mass is 428 g/mol. The molecular formula is C27H40O4. The molecule has 0 unspecified atom stereocenters. The fraction of sp³-hybridized carbons (Fsp3) is 0.704. The molecule has 0 aliphatic heterocycles. The van der Waals surface area contributed by atoms with Crippen LogP contribution < -0.4 is 9.47 Å². The number of esters is 2. The lowest BCUT2D eigenvalue weighted by Gasteiger charge is -2.36. The Morgan fingerprint density at radius 2 is 1.32 bits per heavy atom. The fourth-order valence-corrected chi connectivity index (χ4v) is 5.24. The molecule has 2 fully saturated rings. The predicted molar refractivity (Wildman–Crippen MR) is 123 cm³/mol. The maximum absolute atomic E-state index is 12.6. The molecule has 0 atom stereocenters. The quantitative estimate of drug-likeness (QED) is 0.239. The summed E-state index contributed by atoms with van der Waals surface area (Å²) < 4.78 is 11.0. The highest BCUT2D eigenvalue weighted by molar-refractivity contribution is 5.75. The Balaban J connectivity index is 1.38. The van der Waals surface area contributed by atoms with Crippen LogP contribution in [0.25, 0.3) is 0 Å². The molecule has 1 aromatic rings. The smallest absolute Gasteiger partial charge is 0.314 e. The van der Waals surface area contributed by atoms with E-state index in [9.17, 15) is 9.59 Å². The van der Waals surface area contributed by atoms with Crippen LogP contribution in [0.2, 0.25) is 0 Å². The molecule has 4 heteroatoms. The van der Waals surface area contributed by atoms with Gasteiger partial charge in [-0.1, -0.05) is 46.0 Å². The Bertz CT molecular complexity index is 680. The first kappa shape index (κ1) is 23.8. The molecular weight excluding hydrogens is 388 g/mol. The molecule has 3 rings (SSSR count). The van der Waals surface area contributed by atoms with Gasteiger partial charge in [-0.25, -0.2) is 0 Å². The van der Waals surface area contributed by atoms with Gasteiger partial charge in [-0.15, -0.1) is 0 Å². The van der Waals surface area contributed by atoms with E-state index >= 15 is 0 Å². The average molecular weight is 429 g/mol. The van der Waals surface area contributed by atoms with Gasteiger partial charge in [0.25, 0.3) is 0 Å². The van der Waals surface area contributed by atoms with Crippen molar-refractivity contribution in [1.82, 2.24) is 0 Å². The number of ether oxygens (including phenoxy) is 2. The van der Waals surface area contributed by atoms with Gasteiger partial charge in [0.1, 0.15) is 11.5 Å². The number of hydrogen-bond acceptors (Lipinski definition) is 4. The summed E-state index contributed by atoms with van der Waals surface area (Å²) in [7, 11) is 0. The topological polar surface area (TPSA) is 52.6 Å². The zero-order chi connectivity index (χ0) is 22.1. The lowest BCUT2D eigenvalue weighted by atomic mass is 9.69.